The molecule has 5 heteroatoms. The van der Waals surface area contributed by atoms with Gasteiger partial charge >= 0.3 is 0 Å². The number of benzene rings is 1. The zero-order chi connectivity index (χ0) is 12.4. The summed E-state index contributed by atoms with van der Waals surface area (Å²) in [6.07, 6.45) is 0.473. The topological polar surface area (TPSA) is 74.6 Å². The lowest BCUT2D eigenvalue weighted by atomic mass is 9.88. The molecule has 0 atom stereocenters. The van der Waals surface area contributed by atoms with Crippen molar-refractivity contribution in [2.45, 2.75) is 20.3 Å². The lowest BCUT2D eigenvalue weighted by molar-refractivity contribution is 0.386. The van der Waals surface area contributed by atoms with Crippen LogP contribution < -0.4 is 0 Å². The Labute approximate surface area is 95.7 Å². The van der Waals surface area contributed by atoms with Gasteiger partial charge in [0.15, 0.2) is 0 Å². The summed E-state index contributed by atoms with van der Waals surface area (Å²) >= 11 is 0. The Hall–Kier alpha value is -1.07. The van der Waals surface area contributed by atoms with Gasteiger partial charge in [-0.15, -0.1) is 0 Å². The van der Waals surface area contributed by atoms with Gasteiger partial charge in [0.25, 0.3) is 10.1 Å². The molecule has 0 radical (unpaired) electrons. The van der Waals surface area contributed by atoms with Crippen LogP contribution in [0.15, 0.2) is 24.3 Å². The van der Waals surface area contributed by atoms with E-state index in [2.05, 4.69) is 0 Å². The summed E-state index contributed by atoms with van der Waals surface area (Å²) in [7, 11) is -3.97. The summed E-state index contributed by atoms with van der Waals surface area (Å²) in [4.78, 5) is 0. The van der Waals surface area contributed by atoms with Crippen molar-refractivity contribution in [2.75, 3.05) is 5.75 Å². The van der Waals surface area contributed by atoms with E-state index in [9.17, 15) is 13.5 Å². The second-order valence-electron chi connectivity index (χ2n) is 4.74. The van der Waals surface area contributed by atoms with Gasteiger partial charge in [-0.1, -0.05) is 26.0 Å². The first-order chi connectivity index (χ1) is 7.18. The van der Waals surface area contributed by atoms with Crippen LogP contribution >= 0.6 is 0 Å². The average molecular weight is 244 g/mol. The quantitative estimate of drug-likeness (QED) is 0.793. The van der Waals surface area contributed by atoms with E-state index in [1.54, 1.807) is 32.0 Å². The second-order valence-corrected chi connectivity index (χ2v) is 6.19. The maximum absolute atomic E-state index is 10.8. The van der Waals surface area contributed by atoms with Gasteiger partial charge < -0.3 is 5.11 Å². The Kier molecular flexibility index (Phi) is 3.60. The van der Waals surface area contributed by atoms with Crippen LogP contribution in [0.1, 0.15) is 19.4 Å². The highest BCUT2D eigenvalue weighted by atomic mass is 32.2. The Morgan fingerprint density at radius 1 is 1.31 bits per heavy atom. The summed E-state index contributed by atoms with van der Waals surface area (Å²) in [6.45, 7) is 3.51. The minimum atomic E-state index is -3.97. The highest BCUT2D eigenvalue weighted by Crippen LogP contribution is 2.25. The number of phenols is 1. The number of hydrogen-bond acceptors (Lipinski definition) is 3. The smallest absolute Gasteiger partial charge is 0.265 e. The zero-order valence-electron chi connectivity index (χ0n) is 9.34. The van der Waals surface area contributed by atoms with E-state index >= 15 is 0 Å². The van der Waals surface area contributed by atoms with E-state index in [0.29, 0.717) is 6.42 Å². The molecular formula is C11H16O4S. The van der Waals surface area contributed by atoms with Crippen molar-refractivity contribution in [3.8, 4) is 5.75 Å². The van der Waals surface area contributed by atoms with Crippen molar-refractivity contribution < 1.29 is 18.1 Å². The fraction of sp³-hybridized carbons (Fsp3) is 0.455. The van der Waals surface area contributed by atoms with Crippen molar-refractivity contribution in [1.29, 1.82) is 0 Å². The minimum absolute atomic E-state index is 0.153. The number of rotatable bonds is 4. The Morgan fingerprint density at radius 3 is 2.44 bits per heavy atom. The Bertz CT molecular complexity index is 463. The maximum atomic E-state index is 10.8. The monoisotopic (exact) mass is 244 g/mol. The molecule has 0 aliphatic heterocycles. The van der Waals surface area contributed by atoms with E-state index < -0.39 is 15.5 Å². The van der Waals surface area contributed by atoms with Gasteiger partial charge in [-0.25, -0.2) is 0 Å². The van der Waals surface area contributed by atoms with E-state index in [1.165, 1.54) is 0 Å². The molecule has 0 unspecified atom stereocenters. The van der Waals surface area contributed by atoms with Crippen molar-refractivity contribution in [1.82, 2.24) is 0 Å². The summed E-state index contributed by atoms with van der Waals surface area (Å²) in [5, 5.41) is 9.27. The molecule has 0 aliphatic rings. The molecule has 0 amide bonds. The third-order valence-electron chi connectivity index (χ3n) is 2.17. The van der Waals surface area contributed by atoms with Crippen molar-refractivity contribution >= 4 is 10.1 Å². The van der Waals surface area contributed by atoms with Crippen LogP contribution in [0.5, 0.6) is 5.75 Å². The van der Waals surface area contributed by atoms with Gasteiger partial charge in [-0.05, 0) is 29.5 Å². The van der Waals surface area contributed by atoms with Gasteiger partial charge in [0.2, 0.25) is 0 Å². The average Bonchev–Trinajstić information content (AvgIpc) is 1.96. The van der Waals surface area contributed by atoms with Crippen molar-refractivity contribution in [2.24, 2.45) is 5.41 Å². The zero-order valence-corrected chi connectivity index (χ0v) is 10.2. The highest BCUT2D eigenvalue weighted by Gasteiger charge is 2.25. The van der Waals surface area contributed by atoms with Gasteiger partial charge in [0, 0.05) is 0 Å². The molecule has 1 rings (SSSR count). The number of hydrogen-bond donors (Lipinski definition) is 2. The van der Waals surface area contributed by atoms with Crippen LogP contribution in [0.25, 0.3) is 0 Å². The third-order valence-corrected chi connectivity index (χ3v) is 3.31. The van der Waals surface area contributed by atoms with E-state index in [-0.39, 0.29) is 11.5 Å². The molecule has 1 aromatic carbocycles. The summed E-state index contributed by atoms with van der Waals surface area (Å²) in [5.74, 6) is -0.143. The fourth-order valence-corrected chi connectivity index (χ4v) is 2.85. The summed E-state index contributed by atoms with van der Waals surface area (Å²) < 4.78 is 30.4. The standard InChI is InChI=1S/C11H16O4S/c1-11(2,8-16(13,14)15)7-9-4-3-5-10(12)6-9/h3-6,12H,7-8H2,1-2H3,(H,13,14,15). The van der Waals surface area contributed by atoms with Crippen LogP contribution in [0, 0.1) is 5.41 Å². The van der Waals surface area contributed by atoms with Crippen LogP contribution in [-0.2, 0) is 16.5 Å². The molecule has 0 heterocycles. The largest absolute Gasteiger partial charge is 0.508 e. The molecule has 2 N–H and O–H groups in total. The lowest BCUT2D eigenvalue weighted by Gasteiger charge is -2.22. The molecule has 0 saturated carbocycles. The summed E-state index contributed by atoms with van der Waals surface area (Å²) in [6, 6.07) is 6.66. The molecule has 0 aliphatic carbocycles. The molecule has 0 fully saturated rings. The Morgan fingerprint density at radius 2 is 1.94 bits per heavy atom. The molecule has 1 aromatic rings. The number of aromatic hydroxyl groups is 1. The summed E-state index contributed by atoms with van der Waals surface area (Å²) in [5.41, 5.74) is 0.273. The Balaban J connectivity index is 2.80. The van der Waals surface area contributed by atoms with Crippen LogP contribution in [0.4, 0.5) is 0 Å². The van der Waals surface area contributed by atoms with Gasteiger partial charge in [-0.2, -0.15) is 8.42 Å². The van der Waals surface area contributed by atoms with Crippen molar-refractivity contribution in [3.05, 3.63) is 29.8 Å². The van der Waals surface area contributed by atoms with Gasteiger partial charge in [0.1, 0.15) is 5.75 Å². The molecular weight excluding hydrogens is 228 g/mol. The first-order valence-electron chi connectivity index (χ1n) is 4.91. The van der Waals surface area contributed by atoms with E-state index in [4.69, 9.17) is 4.55 Å². The number of phenolic OH excluding ortho intramolecular Hbond substituents is 1. The third kappa shape index (κ3) is 4.63. The second kappa shape index (κ2) is 4.43. The minimum Gasteiger partial charge on any atom is -0.508 e. The molecule has 0 bridgehead atoms. The molecule has 4 nitrogen and oxygen atoms in total. The maximum Gasteiger partial charge on any atom is 0.265 e. The fourth-order valence-electron chi connectivity index (χ4n) is 1.76. The highest BCUT2D eigenvalue weighted by molar-refractivity contribution is 7.85. The molecule has 16 heavy (non-hydrogen) atoms. The normalized spacial score (nSPS) is 12.7. The predicted octanol–water partition coefficient (Wildman–Crippen LogP) is 1.85. The lowest BCUT2D eigenvalue weighted by Crippen LogP contribution is -2.25. The first-order valence-corrected chi connectivity index (χ1v) is 6.52. The van der Waals surface area contributed by atoms with Crippen molar-refractivity contribution in [3.63, 3.8) is 0 Å². The van der Waals surface area contributed by atoms with E-state index in [0.717, 1.165) is 5.56 Å². The molecule has 0 saturated heterocycles. The van der Waals surface area contributed by atoms with Crippen LogP contribution in [0.2, 0.25) is 0 Å². The molecule has 0 aromatic heterocycles. The van der Waals surface area contributed by atoms with Gasteiger partial charge in [-0.3, -0.25) is 4.55 Å². The molecule has 90 valence electrons. The predicted molar refractivity (Wildman–Crippen MR) is 62.0 cm³/mol. The van der Waals surface area contributed by atoms with Crippen LogP contribution in [-0.4, -0.2) is 23.8 Å². The van der Waals surface area contributed by atoms with Gasteiger partial charge in [0.05, 0.1) is 5.75 Å². The van der Waals surface area contributed by atoms with E-state index in [1.807, 2.05) is 6.07 Å². The first kappa shape index (κ1) is 13.0. The SMILES string of the molecule is CC(C)(Cc1cccc(O)c1)CS(=O)(=O)O. The van der Waals surface area contributed by atoms with Crippen LogP contribution in [0.3, 0.4) is 0 Å². The molecule has 0 spiro atoms.